The van der Waals surface area contributed by atoms with Crippen molar-refractivity contribution in [2.45, 2.75) is 38.5 Å². The molecule has 3 nitrogen and oxygen atoms in total. The molecule has 0 atom stereocenters. The van der Waals surface area contributed by atoms with E-state index in [1.54, 1.807) is 13.8 Å². The molecule has 0 saturated carbocycles. The van der Waals surface area contributed by atoms with Crippen LogP contribution in [0.3, 0.4) is 0 Å². The number of anilines is 2. The molecule has 0 bridgehead atoms. The van der Waals surface area contributed by atoms with Gasteiger partial charge in [-0.15, -0.1) is 0 Å². The maximum atomic E-state index is 14.2. The molecule has 2 aromatic rings. The first-order valence-electron chi connectivity index (χ1n) is 7.99. The van der Waals surface area contributed by atoms with E-state index in [1.807, 2.05) is 0 Å². The average molecular weight is 367 g/mol. The number of hydrogen-bond acceptors (Lipinski definition) is 2. The Balaban J connectivity index is 2.30. The van der Waals surface area contributed by atoms with Gasteiger partial charge in [0.1, 0.15) is 5.82 Å². The number of benzene rings is 2. The van der Waals surface area contributed by atoms with Crippen LogP contribution in [-0.2, 0) is 23.0 Å². The highest BCUT2D eigenvalue weighted by Crippen LogP contribution is 2.47. The van der Waals surface area contributed by atoms with Gasteiger partial charge in [0.2, 0.25) is 5.91 Å². The van der Waals surface area contributed by atoms with Crippen molar-refractivity contribution in [3.63, 3.8) is 0 Å². The number of carbonyl (C=O) groups excluding carboxylic acids is 1. The van der Waals surface area contributed by atoms with Crippen LogP contribution in [0.25, 0.3) is 0 Å². The Morgan fingerprint density at radius 3 is 2.42 bits per heavy atom. The molecule has 0 spiro atoms. The van der Waals surface area contributed by atoms with Crippen molar-refractivity contribution in [1.29, 1.82) is 0 Å². The highest BCUT2D eigenvalue weighted by molar-refractivity contribution is 6.05. The molecule has 0 aromatic heterocycles. The molecule has 138 valence electrons. The van der Waals surface area contributed by atoms with Crippen LogP contribution in [0.4, 0.5) is 28.9 Å². The number of nitrogens with zero attached hydrogens (tertiary/aromatic N) is 1. The van der Waals surface area contributed by atoms with Gasteiger partial charge in [-0.05, 0) is 29.8 Å². The number of aliphatic hydroxyl groups excluding tert-OH is 1. The van der Waals surface area contributed by atoms with Gasteiger partial charge in [0.05, 0.1) is 23.5 Å². The lowest BCUT2D eigenvalue weighted by molar-refractivity contribution is -0.137. The predicted molar refractivity (Wildman–Crippen MR) is 88.6 cm³/mol. The Labute approximate surface area is 147 Å². The van der Waals surface area contributed by atoms with Crippen molar-refractivity contribution in [3.05, 3.63) is 58.9 Å². The maximum absolute atomic E-state index is 14.2. The largest absolute Gasteiger partial charge is 0.418 e. The van der Waals surface area contributed by atoms with Crippen LogP contribution in [-0.4, -0.2) is 11.0 Å². The zero-order valence-corrected chi connectivity index (χ0v) is 14.2. The Bertz CT molecular complexity index is 874. The van der Waals surface area contributed by atoms with E-state index >= 15 is 0 Å². The molecule has 0 saturated heterocycles. The zero-order valence-electron chi connectivity index (χ0n) is 14.2. The van der Waals surface area contributed by atoms with Crippen LogP contribution in [0.15, 0.2) is 36.4 Å². The van der Waals surface area contributed by atoms with E-state index in [0.717, 1.165) is 11.0 Å². The molecule has 2 aromatic carbocycles. The summed E-state index contributed by atoms with van der Waals surface area (Å²) in [5, 5.41) is 9.33. The Morgan fingerprint density at radius 2 is 1.81 bits per heavy atom. The second-order valence-corrected chi connectivity index (χ2v) is 6.92. The van der Waals surface area contributed by atoms with E-state index < -0.39 is 35.5 Å². The number of hydrogen-bond donors (Lipinski definition) is 1. The van der Waals surface area contributed by atoms with E-state index in [4.69, 9.17) is 0 Å². The first kappa shape index (κ1) is 18.4. The average Bonchev–Trinajstić information content (AvgIpc) is 2.54. The fourth-order valence-electron chi connectivity index (χ4n) is 3.31. The fourth-order valence-corrected chi connectivity index (χ4v) is 3.31. The van der Waals surface area contributed by atoms with Crippen molar-refractivity contribution in [1.82, 2.24) is 0 Å². The molecule has 1 amide bonds. The summed E-state index contributed by atoms with van der Waals surface area (Å²) in [6, 6.07) is 7.21. The van der Waals surface area contributed by atoms with Gasteiger partial charge in [-0.2, -0.15) is 13.2 Å². The number of fused-ring (bicyclic) bond motifs is 1. The summed E-state index contributed by atoms with van der Waals surface area (Å²) < 4.78 is 54.5. The molecule has 1 heterocycles. The third-order valence-corrected chi connectivity index (χ3v) is 4.60. The Kier molecular flexibility index (Phi) is 4.30. The van der Waals surface area contributed by atoms with Crippen LogP contribution in [0.1, 0.15) is 37.0 Å². The SMILES string of the molecule is CC1(C)CC(=O)N(c2ccccc2C(F)(F)F)c2cc(CO)c(F)cc21. The van der Waals surface area contributed by atoms with Crippen LogP contribution in [0.2, 0.25) is 0 Å². The van der Waals surface area contributed by atoms with Crippen molar-refractivity contribution in [2.75, 3.05) is 4.90 Å². The van der Waals surface area contributed by atoms with Crippen LogP contribution >= 0.6 is 0 Å². The quantitative estimate of drug-likeness (QED) is 0.783. The minimum atomic E-state index is -4.65. The minimum absolute atomic E-state index is 0.0654. The van der Waals surface area contributed by atoms with E-state index in [-0.39, 0.29) is 23.4 Å². The molecule has 1 N–H and O–H groups in total. The van der Waals surface area contributed by atoms with Gasteiger partial charge in [0.25, 0.3) is 0 Å². The summed E-state index contributed by atoms with van der Waals surface area (Å²) in [7, 11) is 0. The van der Waals surface area contributed by atoms with Crippen molar-refractivity contribution in [2.24, 2.45) is 0 Å². The first-order valence-corrected chi connectivity index (χ1v) is 7.99. The van der Waals surface area contributed by atoms with Crippen LogP contribution in [0.5, 0.6) is 0 Å². The van der Waals surface area contributed by atoms with Gasteiger partial charge in [-0.1, -0.05) is 26.0 Å². The molecule has 3 rings (SSSR count). The smallest absolute Gasteiger partial charge is 0.392 e. The third-order valence-electron chi connectivity index (χ3n) is 4.60. The van der Waals surface area contributed by atoms with E-state index in [2.05, 4.69) is 0 Å². The molecule has 0 radical (unpaired) electrons. The highest BCUT2D eigenvalue weighted by atomic mass is 19.4. The molecule has 7 heteroatoms. The number of aliphatic hydroxyl groups is 1. The normalized spacial score (nSPS) is 16.6. The lowest BCUT2D eigenvalue weighted by Gasteiger charge is -2.39. The topological polar surface area (TPSA) is 40.5 Å². The van der Waals surface area contributed by atoms with Crippen molar-refractivity contribution in [3.8, 4) is 0 Å². The Morgan fingerprint density at radius 1 is 1.15 bits per heavy atom. The van der Waals surface area contributed by atoms with Gasteiger partial charge < -0.3 is 5.11 Å². The summed E-state index contributed by atoms with van der Waals surface area (Å²) in [5.74, 6) is -1.17. The monoisotopic (exact) mass is 367 g/mol. The number of rotatable bonds is 2. The molecule has 26 heavy (non-hydrogen) atoms. The fraction of sp³-hybridized carbons (Fsp3) is 0.316. The second-order valence-electron chi connectivity index (χ2n) is 6.92. The molecular weight excluding hydrogens is 350 g/mol. The number of amides is 1. The van der Waals surface area contributed by atoms with Crippen LogP contribution in [0, 0.1) is 5.82 Å². The Hall–Kier alpha value is -2.41. The standard InChI is InChI=1S/C19H17F4NO2/c1-18(2)9-17(26)24(15-6-4-3-5-12(15)19(21,22)23)16-7-11(10-25)14(20)8-13(16)18/h3-8,25H,9-10H2,1-2H3. The molecule has 1 aliphatic rings. The number of halogens is 4. The van der Waals surface area contributed by atoms with Gasteiger partial charge >= 0.3 is 6.18 Å². The summed E-state index contributed by atoms with van der Waals surface area (Å²) in [5.41, 5.74) is -1.50. The van der Waals surface area contributed by atoms with Gasteiger partial charge in [0, 0.05) is 17.4 Å². The lowest BCUT2D eigenvalue weighted by atomic mass is 9.76. The summed E-state index contributed by atoms with van der Waals surface area (Å²) in [6.45, 7) is 2.84. The highest BCUT2D eigenvalue weighted by Gasteiger charge is 2.42. The predicted octanol–water partition coefficient (Wildman–Crippen LogP) is 4.68. The summed E-state index contributed by atoms with van der Waals surface area (Å²) >= 11 is 0. The van der Waals surface area contributed by atoms with Crippen LogP contribution < -0.4 is 4.90 Å². The van der Waals surface area contributed by atoms with Gasteiger partial charge in [-0.25, -0.2) is 4.39 Å². The second kappa shape index (κ2) is 6.09. The summed E-state index contributed by atoms with van der Waals surface area (Å²) in [4.78, 5) is 13.7. The van der Waals surface area contributed by atoms with E-state index in [1.165, 1.54) is 30.3 Å². The molecule has 0 aliphatic carbocycles. The minimum Gasteiger partial charge on any atom is -0.392 e. The molecule has 0 unspecified atom stereocenters. The molecular formula is C19H17F4NO2. The first-order chi connectivity index (χ1) is 12.1. The maximum Gasteiger partial charge on any atom is 0.418 e. The number of carbonyl (C=O) groups is 1. The number of alkyl halides is 3. The third kappa shape index (κ3) is 2.96. The van der Waals surface area contributed by atoms with Crippen molar-refractivity contribution < 1.29 is 27.5 Å². The zero-order chi connectivity index (χ0) is 19.3. The van der Waals surface area contributed by atoms with Gasteiger partial charge in [-0.3, -0.25) is 9.69 Å². The van der Waals surface area contributed by atoms with Gasteiger partial charge in [0.15, 0.2) is 0 Å². The van der Waals surface area contributed by atoms with E-state index in [0.29, 0.717) is 5.56 Å². The summed E-state index contributed by atoms with van der Waals surface area (Å²) in [6.07, 6.45) is -4.71. The van der Waals surface area contributed by atoms with Crippen molar-refractivity contribution >= 4 is 17.3 Å². The van der Waals surface area contributed by atoms with E-state index in [9.17, 15) is 27.5 Å². The molecule has 0 fully saturated rings. The lowest BCUT2D eigenvalue weighted by Crippen LogP contribution is -2.40. The number of para-hydroxylation sites is 1. The molecule has 1 aliphatic heterocycles.